The molecule has 1 atom stereocenters. The quantitative estimate of drug-likeness (QED) is 0.712. The van der Waals surface area contributed by atoms with Crippen molar-refractivity contribution in [1.82, 2.24) is 4.90 Å². The van der Waals surface area contributed by atoms with Gasteiger partial charge in [0.25, 0.3) is 5.91 Å². The molecule has 1 saturated heterocycles. The van der Waals surface area contributed by atoms with Crippen LogP contribution in [-0.2, 0) is 4.74 Å². The van der Waals surface area contributed by atoms with Crippen LogP contribution in [0.25, 0.3) is 0 Å². The van der Waals surface area contributed by atoms with Gasteiger partial charge in [-0.2, -0.15) is 0 Å². The summed E-state index contributed by atoms with van der Waals surface area (Å²) in [6.45, 7) is 4.32. The molecule has 2 aromatic rings. The van der Waals surface area contributed by atoms with Crippen LogP contribution in [0.15, 0.2) is 48.5 Å². The minimum atomic E-state index is -0.0509. The number of likely N-dealkylation sites (N-methyl/N-ethyl adjacent to an activating group) is 1. The van der Waals surface area contributed by atoms with Gasteiger partial charge in [0, 0.05) is 19.2 Å². The Balaban J connectivity index is 1.48. The van der Waals surface area contributed by atoms with E-state index in [4.69, 9.17) is 14.2 Å². The van der Waals surface area contributed by atoms with Crippen LogP contribution < -0.4 is 9.47 Å². The molecule has 5 heteroatoms. The Labute approximate surface area is 160 Å². The maximum Gasteiger partial charge on any atom is 0.253 e. The zero-order valence-corrected chi connectivity index (χ0v) is 16.0. The number of aryl methyl sites for hydroxylation is 1. The molecule has 1 amide bonds. The van der Waals surface area contributed by atoms with Crippen molar-refractivity contribution in [3.8, 4) is 11.5 Å². The predicted molar refractivity (Wildman–Crippen MR) is 105 cm³/mol. The van der Waals surface area contributed by atoms with E-state index < -0.39 is 0 Å². The summed E-state index contributed by atoms with van der Waals surface area (Å²) in [5.74, 6) is 1.46. The first kappa shape index (κ1) is 19.2. The van der Waals surface area contributed by atoms with Crippen molar-refractivity contribution in [1.29, 1.82) is 0 Å². The molecule has 144 valence electrons. The van der Waals surface area contributed by atoms with E-state index in [0.717, 1.165) is 25.2 Å². The van der Waals surface area contributed by atoms with Crippen molar-refractivity contribution < 1.29 is 19.0 Å². The number of hydrogen-bond donors (Lipinski definition) is 0. The first-order valence-corrected chi connectivity index (χ1v) is 9.41. The molecule has 0 N–H and O–H groups in total. The molecule has 0 radical (unpaired) electrons. The number of hydrogen-bond acceptors (Lipinski definition) is 4. The van der Waals surface area contributed by atoms with Gasteiger partial charge in [-0.15, -0.1) is 0 Å². The van der Waals surface area contributed by atoms with E-state index >= 15 is 0 Å². The Morgan fingerprint density at radius 1 is 1.15 bits per heavy atom. The molecular formula is C22H27NO4. The van der Waals surface area contributed by atoms with Gasteiger partial charge in [0.2, 0.25) is 0 Å². The highest BCUT2D eigenvalue weighted by atomic mass is 16.5. The number of rotatable bonds is 8. The van der Waals surface area contributed by atoms with Crippen LogP contribution >= 0.6 is 0 Å². The molecule has 27 heavy (non-hydrogen) atoms. The number of carbonyl (C=O) groups is 1. The molecule has 1 unspecified atom stereocenters. The van der Waals surface area contributed by atoms with Gasteiger partial charge in [-0.25, -0.2) is 0 Å². The maximum atomic E-state index is 12.6. The average molecular weight is 369 g/mol. The van der Waals surface area contributed by atoms with Gasteiger partial charge in [0.1, 0.15) is 24.7 Å². The van der Waals surface area contributed by atoms with Crippen LogP contribution in [0.5, 0.6) is 11.5 Å². The second-order valence-electron chi connectivity index (χ2n) is 6.86. The molecular weight excluding hydrogens is 342 g/mol. The van der Waals surface area contributed by atoms with Gasteiger partial charge in [-0.1, -0.05) is 23.8 Å². The zero-order valence-electron chi connectivity index (χ0n) is 16.0. The van der Waals surface area contributed by atoms with Gasteiger partial charge >= 0.3 is 0 Å². The molecule has 0 bridgehead atoms. The molecule has 0 spiro atoms. The van der Waals surface area contributed by atoms with Crippen molar-refractivity contribution in [3.63, 3.8) is 0 Å². The number of nitrogens with zero attached hydrogens (tertiary/aromatic N) is 1. The fourth-order valence-electron chi connectivity index (χ4n) is 2.94. The second kappa shape index (κ2) is 9.42. The molecule has 2 aromatic carbocycles. The maximum absolute atomic E-state index is 12.6. The van der Waals surface area contributed by atoms with Crippen LogP contribution in [0.4, 0.5) is 0 Å². The van der Waals surface area contributed by atoms with Crippen LogP contribution in [-0.4, -0.2) is 50.3 Å². The monoisotopic (exact) mass is 369 g/mol. The fourth-order valence-corrected chi connectivity index (χ4v) is 2.94. The van der Waals surface area contributed by atoms with E-state index in [1.807, 2.05) is 43.3 Å². The largest absolute Gasteiger partial charge is 0.492 e. The average Bonchev–Trinajstić information content (AvgIpc) is 3.21. The first-order valence-electron chi connectivity index (χ1n) is 9.41. The predicted octanol–water partition coefficient (Wildman–Crippen LogP) is 3.70. The summed E-state index contributed by atoms with van der Waals surface area (Å²) in [5, 5.41) is 0. The minimum Gasteiger partial charge on any atom is -0.492 e. The molecule has 0 saturated carbocycles. The summed E-state index contributed by atoms with van der Waals surface area (Å²) in [4.78, 5) is 14.3. The van der Waals surface area contributed by atoms with Crippen LogP contribution in [0.2, 0.25) is 0 Å². The lowest BCUT2D eigenvalue weighted by atomic mass is 10.2. The van der Waals surface area contributed by atoms with Crippen molar-refractivity contribution in [2.24, 2.45) is 0 Å². The SMILES string of the molecule is Cc1ccc(OCCN(C)C(=O)c2cccc(OCC3CCCO3)c2)cc1. The van der Waals surface area contributed by atoms with Crippen molar-refractivity contribution in [2.75, 3.05) is 33.4 Å². The van der Waals surface area contributed by atoms with E-state index in [1.54, 1.807) is 24.1 Å². The van der Waals surface area contributed by atoms with Gasteiger partial charge in [0.15, 0.2) is 0 Å². The van der Waals surface area contributed by atoms with E-state index in [0.29, 0.717) is 31.1 Å². The highest BCUT2D eigenvalue weighted by Gasteiger charge is 2.17. The van der Waals surface area contributed by atoms with Gasteiger partial charge in [0.05, 0.1) is 12.6 Å². The Bertz CT molecular complexity index is 738. The molecule has 0 aromatic heterocycles. The third-order valence-electron chi connectivity index (χ3n) is 4.60. The summed E-state index contributed by atoms with van der Waals surface area (Å²) in [6.07, 6.45) is 2.27. The Morgan fingerprint density at radius 2 is 1.96 bits per heavy atom. The smallest absolute Gasteiger partial charge is 0.253 e. The highest BCUT2D eigenvalue weighted by Crippen LogP contribution is 2.18. The minimum absolute atomic E-state index is 0.0509. The number of amides is 1. The fraction of sp³-hybridized carbons (Fsp3) is 0.409. The van der Waals surface area contributed by atoms with Crippen molar-refractivity contribution >= 4 is 5.91 Å². The third kappa shape index (κ3) is 5.73. The van der Waals surface area contributed by atoms with E-state index in [2.05, 4.69) is 0 Å². The molecule has 1 aliphatic heterocycles. The first-order chi connectivity index (χ1) is 13.1. The lowest BCUT2D eigenvalue weighted by molar-refractivity contribution is 0.0678. The Hall–Kier alpha value is -2.53. The van der Waals surface area contributed by atoms with Gasteiger partial charge < -0.3 is 19.1 Å². The number of carbonyl (C=O) groups excluding carboxylic acids is 1. The van der Waals surface area contributed by atoms with E-state index in [-0.39, 0.29) is 12.0 Å². The molecule has 5 nitrogen and oxygen atoms in total. The van der Waals surface area contributed by atoms with Gasteiger partial charge in [-0.3, -0.25) is 4.79 Å². The molecule has 1 aliphatic rings. The number of benzene rings is 2. The van der Waals surface area contributed by atoms with E-state index in [9.17, 15) is 4.79 Å². The highest BCUT2D eigenvalue weighted by molar-refractivity contribution is 5.94. The molecule has 3 rings (SSSR count). The van der Waals surface area contributed by atoms with Gasteiger partial charge in [-0.05, 0) is 50.1 Å². The third-order valence-corrected chi connectivity index (χ3v) is 4.60. The second-order valence-corrected chi connectivity index (χ2v) is 6.86. The van der Waals surface area contributed by atoms with Crippen molar-refractivity contribution in [3.05, 3.63) is 59.7 Å². The van der Waals surface area contributed by atoms with Crippen LogP contribution in [0, 0.1) is 6.92 Å². The lowest BCUT2D eigenvalue weighted by Gasteiger charge is -2.18. The van der Waals surface area contributed by atoms with Crippen LogP contribution in [0.3, 0.4) is 0 Å². The topological polar surface area (TPSA) is 48.0 Å². The summed E-state index contributed by atoms with van der Waals surface area (Å²) >= 11 is 0. The standard InChI is InChI=1S/C22H27NO4/c1-17-8-10-19(11-9-17)26-14-12-23(2)22(24)18-5-3-6-20(15-18)27-16-21-7-4-13-25-21/h3,5-6,8-11,15,21H,4,7,12-14,16H2,1-2H3. The van der Waals surface area contributed by atoms with Crippen LogP contribution in [0.1, 0.15) is 28.8 Å². The zero-order chi connectivity index (χ0) is 19.1. The normalized spacial score (nSPS) is 16.1. The van der Waals surface area contributed by atoms with Crippen molar-refractivity contribution in [2.45, 2.75) is 25.9 Å². The number of ether oxygens (including phenoxy) is 3. The Morgan fingerprint density at radius 3 is 2.70 bits per heavy atom. The lowest BCUT2D eigenvalue weighted by Crippen LogP contribution is -2.30. The summed E-state index contributed by atoms with van der Waals surface area (Å²) < 4.78 is 17.1. The molecule has 1 heterocycles. The molecule has 0 aliphatic carbocycles. The summed E-state index contributed by atoms with van der Waals surface area (Å²) in [5.41, 5.74) is 1.80. The molecule has 1 fully saturated rings. The summed E-state index contributed by atoms with van der Waals surface area (Å²) in [6, 6.07) is 15.2. The summed E-state index contributed by atoms with van der Waals surface area (Å²) in [7, 11) is 1.78. The Kier molecular flexibility index (Phi) is 6.71. The van der Waals surface area contributed by atoms with E-state index in [1.165, 1.54) is 5.56 Å².